The van der Waals surface area contributed by atoms with E-state index in [0.717, 1.165) is 18.4 Å². The summed E-state index contributed by atoms with van der Waals surface area (Å²) in [6.45, 7) is 5.49. The summed E-state index contributed by atoms with van der Waals surface area (Å²) in [5.41, 5.74) is 0.776. The molecule has 0 saturated carbocycles. The van der Waals surface area contributed by atoms with E-state index in [9.17, 15) is 4.39 Å². The number of rotatable bonds is 9. The topological polar surface area (TPSA) is 27.7 Å². The number of ether oxygens (including phenoxy) is 3. The van der Waals surface area contributed by atoms with E-state index in [2.05, 4.69) is 13.8 Å². The Balaban J connectivity index is 2.83. The van der Waals surface area contributed by atoms with Gasteiger partial charge < -0.3 is 14.2 Å². The van der Waals surface area contributed by atoms with Gasteiger partial charge in [-0.25, -0.2) is 4.39 Å². The normalized spacial score (nSPS) is 12.7. The molecule has 0 saturated heterocycles. The fourth-order valence-corrected chi connectivity index (χ4v) is 2.10. The minimum absolute atomic E-state index is 0.155. The molecule has 0 unspecified atom stereocenters. The first-order valence-corrected chi connectivity index (χ1v) is 7.02. The molecular weight excluding hydrogens is 259 g/mol. The van der Waals surface area contributed by atoms with Crippen LogP contribution in [0.2, 0.25) is 0 Å². The van der Waals surface area contributed by atoms with E-state index in [1.807, 2.05) is 0 Å². The van der Waals surface area contributed by atoms with Crippen LogP contribution >= 0.6 is 0 Å². The van der Waals surface area contributed by atoms with Crippen molar-refractivity contribution >= 4 is 0 Å². The molecule has 20 heavy (non-hydrogen) atoms. The van der Waals surface area contributed by atoms with Crippen molar-refractivity contribution in [1.82, 2.24) is 0 Å². The van der Waals surface area contributed by atoms with Gasteiger partial charge in [-0.3, -0.25) is 0 Å². The highest BCUT2D eigenvalue weighted by Crippen LogP contribution is 2.33. The number of hydrogen-bond donors (Lipinski definition) is 0. The Kier molecular flexibility index (Phi) is 7.55. The van der Waals surface area contributed by atoms with Crippen LogP contribution in [0.5, 0.6) is 5.75 Å². The summed E-state index contributed by atoms with van der Waals surface area (Å²) in [7, 11) is 3.26. The number of hydrogen-bond acceptors (Lipinski definition) is 3. The molecule has 114 valence electrons. The van der Waals surface area contributed by atoms with Crippen molar-refractivity contribution in [3.05, 3.63) is 29.6 Å². The van der Waals surface area contributed by atoms with Gasteiger partial charge in [-0.15, -0.1) is 0 Å². The summed E-state index contributed by atoms with van der Waals surface area (Å²) in [5.74, 6) is 0.856. The first-order chi connectivity index (χ1) is 9.58. The van der Waals surface area contributed by atoms with Crippen molar-refractivity contribution in [2.75, 3.05) is 27.4 Å². The third-order valence-electron chi connectivity index (χ3n) is 3.04. The van der Waals surface area contributed by atoms with Crippen LogP contribution in [0, 0.1) is 11.7 Å². The van der Waals surface area contributed by atoms with Crippen molar-refractivity contribution in [2.45, 2.75) is 32.8 Å². The molecule has 0 fully saturated rings. The number of methoxy groups -OCH3 is 2. The highest BCUT2D eigenvalue weighted by molar-refractivity contribution is 5.35. The predicted octanol–water partition coefficient (Wildman–Crippen LogP) is 3.97. The van der Waals surface area contributed by atoms with Gasteiger partial charge in [0.1, 0.15) is 11.6 Å². The standard InChI is InChI=1S/C16H25FO3/c1-12(2)10-16(20-9-5-8-18-3)14-11-13(17)6-7-15(14)19-4/h6-7,11-12,16H,5,8-10H2,1-4H3/t16-/m0/s1. The molecule has 3 nitrogen and oxygen atoms in total. The predicted molar refractivity (Wildman–Crippen MR) is 77.6 cm³/mol. The highest BCUT2D eigenvalue weighted by Gasteiger charge is 2.19. The van der Waals surface area contributed by atoms with E-state index in [4.69, 9.17) is 14.2 Å². The summed E-state index contributed by atoms with van der Waals surface area (Å²) in [5, 5.41) is 0. The molecule has 0 heterocycles. The summed E-state index contributed by atoms with van der Waals surface area (Å²) in [6, 6.07) is 4.55. The fraction of sp³-hybridized carbons (Fsp3) is 0.625. The Bertz CT molecular complexity index is 393. The summed E-state index contributed by atoms with van der Waals surface area (Å²) < 4.78 is 29.7. The maximum atomic E-state index is 13.5. The van der Waals surface area contributed by atoms with E-state index in [0.29, 0.717) is 24.9 Å². The summed E-state index contributed by atoms with van der Waals surface area (Å²) in [4.78, 5) is 0. The second-order valence-corrected chi connectivity index (χ2v) is 5.22. The first-order valence-electron chi connectivity index (χ1n) is 7.02. The lowest BCUT2D eigenvalue weighted by molar-refractivity contribution is 0.0249. The molecule has 0 bridgehead atoms. The Morgan fingerprint density at radius 2 is 1.90 bits per heavy atom. The van der Waals surface area contributed by atoms with Crippen molar-refractivity contribution in [3.8, 4) is 5.75 Å². The molecule has 1 aromatic rings. The molecule has 0 N–H and O–H groups in total. The SMILES string of the molecule is COCCCO[C@@H](CC(C)C)c1cc(F)ccc1OC. The van der Waals surface area contributed by atoms with E-state index in [-0.39, 0.29) is 11.9 Å². The third-order valence-corrected chi connectivity index (χ3v) is 3.04. The van der Waals surface area contributed by atoms with Gasteiger partial charge in [-0.1, -0.05) is 13.8 Å². The van der Waals surface area contributed by atoms with Gasteiger partial charge >= 0.3 is 0 Å². The zero-order valence-electron chi connectivity index (χ0n) is 12.8. The van der Waals surface area contributed by atoms with E-state index >= 15 is 0 Å². The molecule has 1 aromatic carbocycles. The Hall–Kier alpha value is -1.13. The van der Waals surface area contributed by atoms with Crippen LogP contribution in [-0.2, 0) is 9.47 Å². The molecule has 1 rings (SSSR count). The lowest BCUT2D eigenvalue weighted by Gasteiger charge is -2.22. The second kappa shape index (κ2) is 8.93. The minimum atomic E-state index is -0.268. The van der Waals surface area contributed by atoms with Gasteiger partial charge in [0, 0.05) is 25.9 Å². The van der Waals surface area contributed by atoms with Crippen LogP contribution in [0.25, 0.3) is 0 Å². The Morgan fingerprint density at radius 1 is 1.15 bits per heavy atom. The van der Waals surface area contributed by atoms with Crippen molar-refractivity contribution in [3.63, 3.8) is 0 Å². The molecule has 0 aliphatic rings. The first kappa shape index (κ1) is 16.9. The smallest absolute Gasteiger partial charge is 0.124 e. The third kappa shape index (κ3) is 5.47. The van der Waals surface area contributed by atoms with Crippen LogP contribution < -0.4 is 4.74 Å². The van der Waals surface area contributed by atoms with Crippen LogP contribution in [0.4, 0.5) is 4.39 Å². The lowest BCUT2D eigenvalue weighted by atomic mass is 9.98. The molecule has 0 radical (unpaired) electrons. The zero-order valence-corrected chi connectivity index (χ0v) is 12.8. The molecule has 0 spiro atoms. The van der Waals surface area contributed by atoms with Gasteiger partial charge in [-0.05, 0) is 37.0 Å². The molecule has 0 aliphatic heterocycles. The van der Waals surface area contributed by atoms with Gasteiger partial charge in [0.15, 0.2) is 0 Å². The molecule has 1 atom stereocenters. The average Bonchev–Trinajstić information content (AvgIpc) is 2.42. The number of benzene rings is 1. The van der Waals surface area contributed by atoms with Crippen molar-refractivity contribution in [2.24, 2.45) is 5.92 Å². The van der Waals surface area contributed by atoms with Gasteiger partial charge in [0.05, 0.1) is 13.2 Å². The Morgan fingerprint density at radius 3 is 2.50 bits per heavy atom. The fourth-order valence-electron chi connectivity index (χ4n) is 2.10. The summed E-state index contributed by atoms with van der Waals surface area (Å²) >= 11 is 0. The van der Waals surface area contributed by atoms with Crippen LogP contribution in [0.1, 0.15) is 38.4 Å². The molecule has 0 amide bonds. The van der Waals surface area contributed by atoms with Crippen LogP contribution in [-0.4, -0.2) is 27.4 Å². The quantitative estimate of drug-likeness (QED) is 0.642. The Labute approximate surface area is 121 Å². The number of halogens is 1. The summed E-state index contributed by atoms with van der Waals surface area (Å²) in [6.07, 6.45) is 1.49. The average molecular weight is 284 g/mol. The van der Waals surface area contributed by atoms with Crippen LogP contribution in [0.15, 0.2) is 18.2 Å². The molecule has 4 heteroatoms. The van der Waals surface area contributed by atoms with Gasteiger partial charge in [-0.2, -0.15) is 0 Å². The zero-order chi connectivity index (χ0) is 15.0. The van der Waals surface area contributed by atoms with Crippen LogP contribution in [0.3, 0.4) is 0 Å². The van der Waals surface area contributed by atoms with E-state index in [1.54, 1.807) is 20.3 Å². The molecule has 0 aromatic heterocycles. The lowest BCUT2D eigenvalue weighted by Crippen LogP contribution is -2.11. The van der Waals surface area contributed by atoms with E-state index in [1.165, 1.54) is 12.1 Å². The maximum absolute atomic E-state index is 13.5. The van der Waals surface area contributed by atoms with Crippen molar-refractivity contribution in [1.29, 1.82) is 0 Å². The highest BCUT2D eigenvalue weighted by atomic mass is 19.1. The minimum Gasteiger partial charge on any atom is -0.496 e. The molecule has 0 aliphatic carbocycles. The largest absolute Gasteiger partial charge is 0.496 e. The second-order valence-electron chi connectivity index (χ2n) is 5.22. The molecular formula is C16H25FO3. The van der Waals surface area contributed by atoms with Crippen molar-refractivity contribution < 1.29 is 18.6 Å². The van der Waals surface area contributed by atoms with Gasteiger partial charge in [0.2, 0.25) is 0 Å². The van der Waals surface area contributed by atoms with Gasteiger partial charge in [0.25, 0.3) is 0 Å². The maximum Gasteiger partial charge on any atom is 0.124 e. The van der Waals surface area contributed by atoms with E-state index < -0.39 is 0 Å². The monoisotopic (exact) mass is 284 g/mol.